The van der Waals surface area contributed by atoms with Gasteiger partial charge in [0.25, 0.3) is 5.91 Å². The molecule has 29 heavy (non-hydrogen) atoms. The van der Waals surface area contributed by atoms with Crippen molar-refractivity contribution < 1.29 is 9.53 Å². The molecular formula is C24H30N2O2S. The number of nitrogens with zero attached hydrogens (tertiary/aromatic N) is 1. The Balaban J connectivity index is 1.72. The zero-order valence-electron chi connectivity index (χ0n) is 17.7. The number of rotatable bonds is 4. The van der Waals surface area contributed by atoms with Crippen LogP contribution < -0.4 is 10.1 Å². The average Bonchev–Trinajstić information content (AvgIpc) is 3.17. The Kier molecular flexibility index (Phi) is 5.54. The highest BCUT2D eigenvalue weighted by Crippen LogP contribution is 2.44. The number of ether oxygens (including phenoxy) is 1. The Hall–Kier alpha value is -2.11. The predicted octanol–water partition coefficient (Wildman–Crippen LogP) is 4.95. The molecule has 1 amide bonds. The first-order valence-electron chi connectivity index (χ1n) is 10.5. The summed E-state index contributed by atoms with van der Waals surface area (Å²) in [4.78, 5) is 17.0. The van der Waals surface area contributed by atoms with E-state index < -0.39 is 0 Å². The largest absolute Gasteiger partial charge is 0.482 e. The molecule has 1 N–H and O–H groups in total. The zero-order valence-corrected chi connectivity index (χ0v) is 18.5. The Morgan fingerprint density at radius 1 is 1.07 bits per heavy atom. The van der Waals surface area contributed by atoms with Crippen LogP contribution in [0.15, 0.2) is 42.5 Å². The molecule has 1 spiro atoms. The minimum Gasteiger partial charge on any atom is -0.482 e. The van der Waals surface area contributed by atoms with E-state index in [1.54, 1.807) is 11.3 Å². The first kappa shape index (κ1) is 20.2. The molecule has 0 radical (unpaired) electrons. The molecule has 0 saturated carbocycles. The van der Waals surface area contributed by atoms with Crippen molar-refractivity contribution in [1.82, 2.24) is 10.2 Å². The minimum absolute atomic E-state index is 0.115. The number of carbonyl (C=O) groups excluding carboxylic acids is 1. The van der Waals surface area contributed by atoms with Gasteiger partial charge in [0.15, 0.2) is 0 Å². The van der Waals surface area contributed by atoms with Gasteiger partial charge in [-0.15, -0.1) is 11.3 Å². The van der Waals surface area contributed by atoms with Crippen molar-refractivity contribution in [3.05, 3.63) is 57.8 Å². The lowest BCUT2D eigenvalue weighted by Crippen LogP contribution is -2.46. The van der Waals surface area contributed by atoms with Crippen LogP contribution in [0.5, 0.6) is 5.75 Å². The number of hydrogen-bond acceptors (Lipinski definition) is 4. The number of amides is 1. The Morgan fingerprint density at radius 2 is 1.76 bits per heavy atom. The molecule has 0 bridgehead atoms. The Morgan fingerprint density at radius 3 is 2.45 bits per heavy atom. The van der Waals surface area contributed by atoms with E-state index in [9.17, 15) is 4.79 Å². The first-order chi connectivity index (χ1) is 13.9. The summed E-state index contributed by atoms with van der Waals surface area (Å²) >= 11 is 1.59. The van der Waals surface area contributed by atoms with E-state index >= 15 is 0 Å². The van der Waals surface area contributed by atoms with Gasteiger partial charge in [-0.25, -0.2) is 0 Å². The molecule has 3 heterocycles. The van der Waals surface area contributed by atoms with Crippen LogP contribution in [0.3, 0.4) is 0 Å². The zero-order chi connectivity index (χ0) is 20.6. The van der Waals surface area contributed by atoms with Crippen LogP contribution in [-0.2, 0) is 0 Å². The second-order valence-corrected chi connectivity index (χ2v) is 9.62. The van der Waals surface area contributed by atoms with Crippen LogP contribution in [-0.4, -0.2) is 41.6 Å². The average molecular weight is 411 g/mol. The SMILES string of the molecule is CC(C)N(C(=O)c1ccc(C2=CC3(CCNCC3)Oc3ccccc32)s1)C(C)C. The van der Waals surface area contributed by atoms with Gasteiger partial charge in [0.05, 0.1) is 4.88 Å². The summed E-state index contributed by atoms with van der Waals surface area (Å²) in [5.74, 6) is 1.06. The molecule has 4 rings (SSSR count). The monoisotopic (exact) mass is 410 g/mol. The van der Waals surface area contributed by atoms with E-state index in [1.807, 2.05) is 17.0 Å². The molecule has 1 fully saturated rings. The van der Waals surface area contributed by atoms with E-state index in [2.05, 4.69) is 63.4 Å². The summed E-state index contributed by atoms with van der Waals surface area (Å²) in [7, 11) is 0. The fourth-order valence-corrected chi connectivity index (χ4v) is 5.44. The maximum Gasteiger partial charge on any atom is 0.264 e. The van der Waals surface area contributed by atoms with Gasteiger partial charge in [0, 0.05) is 40.9 Å². The molecule has 4 nitrogen and oxygen atoms in total. The van der Waals surface area contributed by atoms with E-state index in [0.717, 1.165) is 47.0 Å². The summed E-state index contributed by atoms with van der Waals surface area (Å²) in [5, 5.41) is 3.43. The Labute approximate surface area is 177 Å². The molecule has 2 aromatic rings. The summed E-state index contributed by atoms with van der Waals surface area (Å²) in [5.41, 5.74) is 2.05. The van der Waals surface area contributed by atoms with Crippen LogP contribution in [0.2, 0.25) is 0 Å². The quantitative estimate of drug-likeness (QED) is 0.775. The van der Waals surface area contributed by atoms with Crippen LogP contribution in [0, 0.1) is 0 Å². The van der Waals surface area contributed by atoms with Gasteiger partial charge < -0.3 is 15.0 Å². The number of fused-ring (bicyclic) bond motifs is 1. The van der Waals surface area contributed by atoms with Crippen molar-refractivity contribution in [3.8, 4) is 5.75 Å². The number of para-hydroxylation sites is 1. The smallest absolute Gasteiger partial charge is 0.264 e. The third kappa shape index (κ3) is 3.86. The third-order valence-corrected chi connectivity index (χ3v) is 6.88. The van der Waals surface area contributed by atoms with Gasteiger partial charge >= 0.3 is 0 Å². The van der Waals surface area contributed by atoms with Crippen LogP contribution in [0.1, 0.15) is 60.6 Å². The summed E-state index contributed by atoms with van der Waals surface area (Å²) in [6.45, 7) is 10.2. The molecule has 0 unspecified atom stereocenters. The van der Waals surface area contributed by atoms with Crippen molar-refractivity contribution >= 4 is 22.8 Å². The molecule has 154 valence electrons. The lowest BCUT2D eigenvalue weighted by Gasteiger charge is -2.39. The normalized spacial score (nSPS) is 17.8. The van der Waals surface area contributed by atoms with Gasteiger partial charge in [0.2, 0.25) is 0 Å². The highest BCUT2D eigenvalue weighted by atomic mass is 32.1. The van der Waals surface area contributed by atoms with Crippen molar-refractivity contribution in [2.24, 2.45) is 0 Å². The number of hydrogen-bond donors (Lipinski definition) is 1. The Bertz CT molecular complexity index is 914. The second kappa shape index (κ2) is 7.96. The van der Waals surface area contributed by atoms with Crippen molar-refractivity contribution in [2.45, 2.75) is 58.2 Å². The van der Waals surface area contributed by atoms with Crippen LogP contribution >= 0.6 is 11.3 Å². The predicted molar refractivity (Wildman–Crippen MR) is 120 cm³/mol. The number of thiophene rings is 1. The topological polar surface area (TPSA) is 41.6 Å². The highest BCUT2D eigenvalue weighted by molar-refractivity contribution is 7.15. The number of nitrogens with one attached hydrogen (secondary N) is 1. The van der Waals surface area contributed by atoms with Gasteiger partial charge in [-0.05, 0) is 65.1 Å². The van der Waals surface area contributed by atoms with Gasteiger partial charge in [-0.2, -0.15) is 0 Å². The second-order valence-electron chi connectivity index (χ2n) is 8.53. The lowest BCUT2D eigenvalue weighted by atomic mass is 9.85. The molecule has 1 saturated heterocycles. The summed E-state index contributed by atoms with van der Waals surface area (Å²) in [6.07, 6.45) is 4.21. The molecule has 0 aliphatic carbocycles. The fourth-order valence-electron chi connectivity index (χ4n) is 4.46. The molecule has 2 aliphatic heterocycles. The maximum absolute atomic E-state index is 13.1. The molecule has 1 aromatic heterocycles. The third-order valence-electron chi connectivity index (χ3n) is 5.78. The maximum atomic E-state index is 13.1. The lowest BCUT2D eigenvalue weighted by molar-refractivity contribution is 0.0648. The standard InChI is InChI=1S/C24H30N2O2S/c1-16(2)26(17(3)4)23(27)22-10-9-21(29-22)19-15-24(11-13-25-14-12-24)28-20-8-6-5-7-18(19)20/h5-10,15-17,25H,11-14H2,1-4H3. The first-order valence-corrected chi connectivity index (χ1v) is 11.4. The number of piperidine rings is 1. The number of benzene rings is 1. The van der Waals surface area contributed by atoms with E-state index in [4.69, 9.17) is 4.74 Å². The molecule has 1 aromatic carbocycles. The van der Waals surface area contributed by atoms with Crippen molar-refractivity contribution in [1.29, 1.82) is 0 Å². The number of carbonyl (C=O) groups is 1. The molecule has 5 heteroatoms. The van der Waals surface area contributed by atoms with E-state index in [1.165, 1.54) is 5.57 Å². The fraction of sp³-hybridized carbons (Fsp3) is 0.458. The molecular weight excluding hydrogens is 380 g/mol. The van der Waals surface area contributed by atoms with E-state index in [0.29, 0.717) is 0 Å². The van der Waals surface area contributed by atoms with Crippen LogP contribution in [0.4, 0.5) is 0 Å². The van der Waals surface area contributed by atoms with Crippen molar-refractivity contribution in [3.63, 3.8) is 0 Å². The minimum atomic E-state index is -0.259. The van der Waals surface area contributed by atoms with Crippen LogP contribution in [0.25, 0.3) is 5.57 Å². The van der Waals surface area contributed by atoms with E-state index in [-0.39, 0.29) is 23.6 Å². The van der Waals surface area contributed by atoms with Gasteiger partial charge in [0.1, 0.15) is 11.4 Å². The molecule has 2 aliphatic rings. The summed E-state index contributed by atoms with van der Waals surface area (Å²) < 4.78 is 6.48. The van der Waals surface area contributed by atoms with Crippen molar-refractivity contribution in [2.75, 3.05) is 13.1 Å². The summed E-state index contributed by atoms with van der Waals surface area (Å²) in [6, 6.07) is 12.7. The van der Waals surface area contributed by atoms with Gasteiger partial charge in [-0.1, -0.05) is 18.2 Å². The van der Waals surface area contributed by atoms with Gasteiger partial charge in [-0.3, -0.25) is 4.79 Å². The molecule has 0 atom stereocenters. The highest BCUT2D eigenvalue weighted by Gasteiger charge is 2.37.